The van der Waals surface area contributed by atoms with Crippen LogP contribution in [0.4, 0.5) is 8.78 Å². The molecule has 1 amide bonds. The van der Waals surface area contributed by atoms with E-state index in [1.807, 2.05) is 0 Å². The van der Waals surface area contributed by atoms with Gasteiger partial charge < -0.3 is 15.4 Å². The summed E-state index contributed by atoms with van der Waals surface area (Å²) in [5.41, 5.74) is 0.713. The molecule has 1 aromatic carbocycles. The number of likely N-dealkylation sites (N-methyl/N-ethyl adjacent to an activating group) is 1. The van der Waals surface area contributed by atoms with Crippen LogP contribution in [0.3, 0.4) is 0 Å². The summed E-state index contributed by atoms with van der Waals surface area (Å²) in [5.74, 6) is -1.89. The van der Waals surface area contributed by atoms with Gasteiger partial charge in [-0.2, -0.15) is 0 Å². The van der Waals surface area contributed by atoms with Crippen LogP contribution in [0.1, 0.15) is 24.8 Å². The van der Waals surface area contributed by atoms with Crippen molar-refractivity contribution in [2.24, 2.45) is 0 Å². The lowest BCUT2D eigenvalue weighted by atomic mass is 9.86. The molecule has 138 valence electrons. The van der Waals surface area contributed by atoms with Gasteiger partial charge in [-0.05, 0) is 37.2 Å². The second kappa shape index (κ2) is 8.21. The minimum atomic E-state index is -0.853. The van der Waals surface area contributed by atoms with Gasteiger partial charge in [0.25, 0.3) is 5.91 Å². The Balaban J connectivity index is 1.68. The zero-order valence-corrected chi connectivity index (χ0v) is 14.4. The van der Waals surface area contributed by atoms with Crippen molar-refractivity contribution in [1.29, 1.82) is 0 Å². The summed E-state index contributed by atoms with van der Waals surface area (Å²) in [6.45, 7) is 6.28. The van der Waals surface area contributed by atoms with Crippen LogP contribution in [0.5, 0.6) is 0 Å². The number of morpholine rings is 1. The van der Waals surface area contributed by atoms with Gasteiger partial charge in [-0.25, -0.2) is 8.78 Å². The van der Waals surface area contributed by atoms with E-state index in [0.717, 1.165) is 32.1 Å². The summed E-state index contributed by atoms with van der Waals surface area (Å²) < 4.78 is 32.4. The molecule has 3 unspecified atom stereocenters. The van der Waals surface area contributed by atoms with E-state index in [9.17, 15) is 13.6 Å². The van der Waals surface area contributed by atoms with Gasteiger partial charge in [0, 0.05) is 31.6 Å². The number of carbonyl (C=O) groups excluding carboxylic acids is 1. The quantitative estimate of drug-likeness (QED) is 0.855. The van der Waals surface area contributed by atoms with Gasteiger partial charge in [0.15, 0.2) is 11.6 Å². The Morgan fingerprint density at radius 1 is 1.40 bits per heavy atom. The second-order valence-electron chi connectivity index (χ2n) is 6.64. The summed E-state index contributed by atoms with van der Waals surface area (Å²) >= 11 is 0. The molecule has 2 aliphatic heterocycles. The Morgan fingerprint density at radius 2 is 2.24 bits per heavy atom. The SMILES string of the molecule is CCN1CCOC(C(=O)NC2CNCCC2c2ccc(F)c(F)c2)C1. The van der Waals surface area contributed by atoms with Crippen molar-refractivity contribution in [1.82, 2.24) is 15.5 Å². The number of carbonyl (C=O) groups is 1. The number of hydrogen-bond donors (Lipinski definition) is 2. The van der Waals surface area contributed by atoms with E-state index < -0.39 is 17.7 Å². The van der Waals surface area contributed by atoms with E-state index in [4.69, 9.17) is 4.74 Å². The fraction of sp³-hybridized carbons (Fsp3) is 0.611. The third-order valence-corrected chi connectivity index (χ3v) is 5.07. The predicted molar refractivity (Wildman–Crippen MR) is 90.4 cm³/mol. The van der Waals surface area contributed by atoms with Crippen LogP contribution in [0.15, 0.2) is 18.2 Å². The molecule has 1 aromatic rings. The van der Waals surface area contributed by atoms with E-state index >= 15 is 0 Å². The first kappa shape index (κ1) is 18.2. The number of ether oxygens (including phenoxy) is 1. The third kappa shape index (κ3) is 4.34. The van der Waals surface area contributed by atoms with E-state index in [1.54, 1.807) is 6.07 Å². The molecular formula is C18H25F2N3O2. The fourth-order valence-electron chi connectivity index (χ4n) is 3.58. The van der Waals surface area contributed by atoms with Crippen LogP contribution in [0.2, 0.25) is 0 Å². The number of amides is 1. The summed E-state index contributed by atoms with van der Waals surface area (Å²) in [7, 11) is 0. The Hall–Kier alpha value is -1.57. The molecule has 3 rings (SSSR count). The number of rotatable bonds is 4. The lowest BCUT2D eigenvalue weighted by molar-refractivity contribution is -0.139. The average molecular weight is 353 g/mol. The monoisotopic (exact) mass is 353 g/mol. The molecule has 2 saturated heterocycles. The van der Waals surface area contributed by atoms with Crippen LogP contribution in [0.25, 0.3) is 0 Å². The maximum absolute atomic E-state index is 13.6. The molecule has 5 nitrogen and oxygen atoms in total. The first-order chi connectivity index (χ1) is 12.1. The topological polar surface area (TPSA) is 53.6 Å². The highest BCUT2D eigenvalue weighted by molar-refractivity contribution is 5.81. The molecule has 0 aromatic heterocycles. The van der Waals surface area contributed by atoms with Crippen molar-refractivity contribution < 1.29 is 18.3 Å². The molecule has 2 N–H and O–H groups in total. The standard InChI is InChI=1S/C18H25F2N3O2/c1-2-23-7-8-25-17(11-23)18(24)22-16-10-21-6-5-13(16)12-3-4-14(19)15(20)9-12/h3-4,9,13,16-17,21H,2,5-8,10-11H2,1H3,(H,22,24). The van der Waals surface area contributed by atoms with Crippen LogP contribution < -0.4 is 10.6 Å². The molecular weight excluding hydrogens is 328 g/mol. The highest BCUT2D eigenvalue weighted by Gasteiger charge is 2.32. The summed E-state index contributed by atoms with van der Waals surface area (Å²) in [6, 6.07) is 3.81. The number of benzene rings is 1. The molecule has 3 atom stereocenters. The molecule has 0 spiro atoms. The molecule has 0 radical (unpaired) electrons. The summed E-state index contributed by atoms with van der Waals surface area (Å²) in [5, 5.41) is 6.30. The van der Waals surface area contributed by atoms with Crippen LogP contribution in [-0.2, 0) is 9.53 Å². The molecule has 2 aliphatic rings. The zero-order chi connectivity index (χ0) is 17.8. The van der Waals surface area contributed by atoms with E-state index in [0.29, 0.717) is 25.3 Å². The lowest BCUT2D eigenvalue weighted by Gasteiger charge is -2.36. The molecule has 7 heteroatoms. The van der Waals surface area contributed by atoms with Crippen molar-refractivity contribution in [2.45, 2.75) is 31.4 Å². The second-order valence-corrected chi connectivity index (χ2v) is 6.64. The normalized spacial score (nSPS) is 27.9. The minimum Gasteiger partial charge on any atom is -0.366 e. The summed E-state index contributed by atoms with van der Waals surface area (Å²) in [6.07, 6.45) is 0.268. The van der Waals surface area contributed by atoms with Crippen molar-refractivity contribution in [2.75, 3.05) is 39.3 Å². The Bertz CT molecular complexity index is 614. The number of halogens is 2. The number of nitrogens with zero attached hydrogens (tertiary/aromatic N) is 1. The highest BCUT2D eigenvalue weighted by Crippen LogP contribution is 2.27. The van der Waals surface area contributed by atoms with Gasteiger partial charge in [-0.15, -0.1) is 0 Å². The molecule has 0 bridgehead atoms. The van der Waals surface area contributed by atoms with E-state index in [1.165, 1.54) is 6.07 Å². The Morgan fingerprint density at radius 3 is 3.00 bits per heavy atom. The number of nitrogens with one attached hydrogen (secondary N) is 2. The van der Waals surface area contributed by atoms with Crippen LogP contribution in [0, 0.1) is 11.6 Å². The van der Waals surface area contributed by atoms with Crippen molar-refractivity contribution in [3.8, 4) is 0 Å². The lowest BCUT2D eigenvalue weighted by Crippen LogP contribution is -2.56. The predicted octanol–water partition coefficient (Wildman–Crippen LogP) is 1.25. The Labute approximate surface area is 146 Å². The van der Waals surface area contributed by atoms with Crippen molar-refractivity contribution in [3.05, 3.63) is 35.4 Å². The molecule has 2 heterocycles. The van der Waals surface area contributed by atoms with Gasteiger partial charge in [0.2, 0.25) is 0 Å². The van der Waals surface area contributed by atoms with Gasteiger partial charge >= 0.3 is 0 Å². The molecule has 0 saturated carbocycles. The largest absolute Gasteiger partial charge is 0.366 e. The van der Waals surface area contributed by atoms with Gasteiger partial charge in [-0.1, -0.05) is 13.0 Å². The smallest absolute Gasteiger partial charge is 0.250 e. The van der Waals surface area contributed by atoms with Gasteiger partial charge in [0.05, 0.1) is 6.61 Å². The van der Waals surface area contributed by atoms with Crippen molar-refractivity contribution in [3.63, 3.8) is 0 Å². The zero-order valence-electron chi connectivity index (χ0n) is 14.4. The van der Waals surface area contributed by atoms with Crippen LogP contribution in [-0.4, -0.2) is 62.3 Å². The molecule has 25 heavy (non-hydrogen) atoms. The van der Waals surface area contributed by atoms with Crippen LogP contribution >= 0.6 is 0 Å². The molecule has 2 fully saturated rings. The maximum Gasteiger partial charge on any atom is 0.250 e. The van der Waals surface area contributed by atoms with E-state index in [-0.39, 0.29) is 17.9 Å². The van der Waals surface area contributed by atoms with Crippen molar-refractivity contribution >= 4 is 5.91 Å². The minimum absolute atomic E-state index is 0.0498. The maximum atomic E-state index is 13.6. The van der Waals surface area contributed by atoms with Gasteiger partial charge in [-0.3, -0.25) is 9.69 Å². The highest BCUT2D eigenvalue weighted by atomic mass is 19.2. The van der Waals surface area contributed by atoms with Gasteiger partial charge in [0.1, 0.15) is 6.10 Å². The average Bonchev–Trinajstić information content (AvgIpc) is 2.64. The molecule has 0 aliphatic carbocycles. The Kier molecular flexibility index (Phi) is 5.98. The first-order valence-corrected chi connectivity index (χ1v) is 8.88. The number of hydrogen-bond acceptors (Lipinski definition) is 4. The van der Waals surface area contributed by atoms with E-state index in [2.05, 4.69) is 22.5 Å². The first-order valence-electron chi connectivity index (χ1n) is 8.88. The number of piperidine rings is 1. The third-order valence-electron chi connectivity index (χ3n) is 5.07. The fourth-order valence-corrected chi connectivity index (χ4v) is 3.58. The summed E-state index contributed by atoms with van der Waals surface area (Å²) in [4.78, 5) is 14.8.